The molecule has 2 atom stereocenters. The van der Waals surface area contributed by atoms with Gasteiger partial charge in [-0.3, -0.25) is 9.48 Å². The van der Waals surface area contributed by atoms with Crippen molar-refractivity contribution < 1.29 is 4.79 Å². The fourth-order valence-electron chi connectivity index (χ4n) is 4.55. The van der Waals surface area contributed by atoms with Gasteiger partial charge in [-0.1, -0.05) is 32.9 Å². The number of H-pyrrole nitrogens is 1. The Kier molecular flexibility index (Phi) is 4.56. The molecule has 0 saturated heterocycles. The number of nitrogens with one attached hydrogen (secondary N) is 2. The molecule has 152 valence electrons. The lowest BCUT2D eigenvalue weighted by Crippen LogP contribution is -2.45. The first kappa shape index (κ1) is 19.4. The van der Waals surface area contributed by atoms with Crippen LogP contribution in [0.2, 0.25) is 0 Å². The lowest BCUT2D eigenvalue weighted by Gasteiger charge is -2.39. The van der Waals surface area contributed by atoms with Gasteiger partial charge in [0.25, 0.3) is 0 Å². The van der Waals surface area contributed by atoms with Crippen LogP contribution in [0.5, 0.6) is 0 Å². The predicted molar refractivity (Wildman–Crippen MR) is 114 cm³/mol. The number of benzene rings is 1. The third-order valence-electron chi connectivity index (χ3n) is 6.89. The fourth-order valence-corrected chi connectivity index (χ4v) is 4.55. The van der Waals surface area contributed by atoms with E-state index in [1.807, 2.05) is 51.4 Å². The minimum Gasteiger partial charge on any atom is -0.342 e. The second-order valence-electron chi connectivity index (χ2n) is 8.83. The van der Waals surface area contributed by atoms with Crippen molar-refractivity contribution in [2.75, 3.05) is 0 Å². The van der Waals surface area contributed by atoms with Crippen LogP contribution < -0.4 is 5.43 Å². The number of nitrogens with zero attached hydrogens (tertiary/aromatic N) is 4. The quantitative estimate of drug-likeness (QED) is 0.525. The van der Waals surface area contributed by atoms with Gasteiger partial charge in [-0.2, -0.15) is 10.2 Å². The van der Waals surface area contributed by atoms with Crippen LogP contribution in [0.4, 0.5) is 0 Å². The number of carbonyl (C=O) groups is 1. The van der Waals surface area contributed by atoms with Gasteiger partial charge in [0.1, 0.15) is 5.82 Å². The first-order chi connectivity index (χ1) is 13.7. The summed E-state index contributed by atoms with van der Waals surface area (Å²) < 4.78 is 1.73. The maximum Gasteiger partial charge on any atom is 0.246 e. The molecule has 0 bridgehead atoms. The second-order valence-corrected chi connectivity index (χ2v) is 8.83. The van der Waals surface area contributed by atoms with Gasteiger partial charge in [-0.05, 0) is 37.3 Å². The summed E-state index contributed by atoms with van der Waals surface area (Å²) >= 11 is 0. The molecule has 0 unspecified atom stereocenters. The Bertz CT molecular complexity index is 1060. The molecule has 1 saturated carbocycles. The van der Waals surface area contributed by atoms with Crippen LogP contribution in [0, 0.1) is 17.8 Å². The number of para-hydroxylation sites is 2. The molecule has 7 heteroatoms. The van der Waals surface area contributed by atoms with Crippen molar-refractivity contribution in [3.8, 4) is 0 Å². The van der Waals surface area contributed by atoms with Crippen LogP contribution in [0.15, 0.2) is 35.6 Å². The lowest BCUT2D eigenvalue weighted by atomic mass is 9.65. The number of amides is 1. The van der Waals surface area contributed by atoms with Crippen LogP contribution in [-0.4, -0.2) is 31.9 Å². The molecular formula is C22H28N6O. The maximum atomic E-state index is 13.1. The lowest BCUT2D eigenvalue weighted by molar-refractivity contribution is -0.135. The molecule has 29 heavy (non-hydrogen) atoms. The number of carbonyl (C=O) groups excluding carboxylic acids is 1. The van der Waals surface area contributed by atoms with Crippen molar-refractivity contribution in [3.05, 3.63) is 47.5 Å². The monoisotopic (exact) mass is 392 g/mol. The Balaban J connectivity index is 1.54. The largest absolute Gasteiger partial charge is 0.342 e. The second kappa shape index (κ2) is 6.83. The van der Waals surface area contributed by atoms with E-state index in [0.29, 0.717) is 0 Å². The normalized spacial score (nSPS) is 23.8. The molecule has 4 rings (SSSR count). The molecule has 1 aromatic carbocycles. The zero-order valence-electron chi connectivity index (χ0n) is 17.7. The van der Waals surface area contributed by atoms with E-state index in [-0.39, 0.29) is 17.2 Å². The average molecular weight is 393 g/mol. The van der Waals surface area contributed by atoms with Crippen molar-refractivity contribution in [2.24, 2.45) is 23.0 Å². The van der Waals surface area contributed by atoms with E-state index < -0.39 is 5.41 Å². The summed E-state index contributed by atoms with van der Waals surface area (Å²) in [4.78, 5) is 21.4. The zero-order chi connectivity index (χ0) is 20.8. The number of aryl methyl sites for hydroxylation is 2. The van der Waals surface area contributed by atoms with Crippen molar-refractivity contribution in [3.63, 3.8) is 0 Å². The molecule has 1 fully saturated rings. The summed E-state index contributed by atoms with van der Waals surface area (Å²) in [6.07, 6.45) is 5.23. The number of rotatable bonds is 4. The predicted octanol–water partition coefficient (Wildman–Crippen LogP) is 3.67. The molecule has 0 radical (unpaired) electrons. The van der Waals surface area contributed by atoms with E-state index >= 15 is 0 Å². The molecule has 2 aromatic heterocycles. The Morgan fingerprint density at radius 2 is 2.10 bits per heavy atom. The molecule has 2 N–H and O–H groups in total. The molecule has 2 heterocycles. The number of hydrogen-bond donors (Lipinski definition) is 2. The van der Waals surface area contributed by atoms with Crippen LogP contribution in [0.25, 0.3) is 11.0 Å². The first-order valence-electron chi connectivity index (χ1n) is 10.0. The molecule has 0 spiro atoms. The van der Waals surface area contributed by atoms with E-state index in [0.717, 1.165) is 41.0 Å². The van der Waals surface area contributed by atoms with Gasteiger partial charge >= 0.3 is 0 Å². The maximum absolute atomic E-state index is 13.1. The summed E-state index contributed by atoms with van der Waals surface area (Å²) in [5.74, 6) is 1.08. The average Bonchev–Trinajstić information content (AvgIpc) is 3.29. The first-order valence-corrected chi connectivity index (χ1v) is 10.0. The molecule has 3 aromatic rings. The molecule has 1 aliphatic carbocycles. The van der Waals surface area contributed by atoms with Crippen LogP contribution in [-0.2, 0) is 11.8 Å². The number of aromatic nitrogens is 4. The summed E-state index contributed by atoms with van der Waals surface area (Å²) in [6, 6.07) is 8.04. The van der Waals surface area contributed by atoms with Gasteiger partial charge < -0.3 is 4.98 Å². The van der Waals surface area contributed by atoms with Crippen molar-refractivity contribution >= 4 is 23.2 Å². The van der Waals surface area contributed by atoms with E-state index in [1.165, 1.54) is 0 Å². The molecule has 0 aliphatic heterocycles. The van der Waals surface area contributed by atoms with E-state index in [2.05, 4.69) is 34.5 Å². The van der Waals surface area contributed by atoms with Gasteiger partial charge in [0, 0.05) is 24.7 Å². The smallest absolute Gasteiger partial charge is 0.246 e. The Morgan fingerprint density at radius 1 is 1.34 bits per heavy atom. The Morgan fingerprint density at radius 3 is 2.79 bits per heavy atom. The SMILES string of the molecule is Cc1nn(C)cc1/C=N\NC(=O)[C@@]1(C)CC[C@H](c2nc3ccccc3[nH]2)C1(C)C. The minimum absolute atomic E-state index is 0.0566. The van der Waals surface area contributed by atoms with Gasteiger partial charge in [-0.25, -0.2) is 10.4 Å². The van der Waals surface area contributed by atoms with Gasteiger partial charge in [0.2, 0.25) is 5.91 Å². The number of hydrogen-bond acceptors (Lipinski definition) is 4. The van der Waals surface area contributed by atoms with E-state index in [9.17, 15) is 4.79 Å². The zero-order valence-corrected chi connectivity index (χ0v) is 17.7. The van der Waals surface area contributed by atoms with E-state index in [4.69, 9.17) is 4.98 Å². The van der Waals surface area contributed by atoms with Crippen molar-refractivity contribution in [2.45, 2.75) is 46.5 Å². The van der Waals surface area contributed by atoms with Crippen LogP contribution >= 0.6 is 0 Å². The highest BCUT2D eigenvalue weighted by atomic mass is 16.2. The highest BCUT2D eigenvalue weighted by Crippen LogP contribution is 2.59. The van der Waals surface area contributed by atoms with Crippen LogP contribution in [0.1, 0.15) is 56.6 Å². The summed E-state index contributed by atoms with van der Waals surface area (Å²) in [5.41, 5.74) is 5.72. The fraction of sp³-hybridized carbons (Fsp3) is 0.455. The summed E-state index contributed by atoms with van der Waals surface area (Å²) in [7, 11) is 1.86. The molecule has 1 aliphatic rings. The topological polar surface area (TPSA) is 88.0 Å². The highest BCUT2D eigenvalue weighted by Gasteiger charge is 2.57. The summed E-state index contributed by atoms with van der Waals surface area (Å²) in [5, 5.41) is 8.49. The highest BCUT2D eigenvalue weighted by molar-refractivity contribution is 5.86. The number of aromatic amines is 1. The number of imidazole rings is 1. The third kappa shape index (κ3) is 3.14. The molecule has 1 amide bonds. The number of hydrazone groups is 1. The standard InChI is InChI=1S/C22H28N6O/c1-14-15(13-28(5)27-14)12-23-26-20(29)22(4)11-10-16(21(22,2)3)19-24-17-8-6-7-9-18(17)25-19/h6-9,12-13,16H,10-11H2,1-5H3,(H,24,25)(H,26,29)/b23-12-/t16-,22-/m1/s1. The number of fused-ring (bicyclic) bond motifs is 1. The van der Waals surface area contributed by atoms with Gasteiger partial charge in [0.15, 0.2) is 0 Å². The Hall–Kier alpha value is -2.96. The van der Waals surface area contributed by atoms with Crippen molar-refractivity contribution in [1.29, 1.82) is 0 Å². The molecule has 7 nitrogen and oxygen atoms in total. The van der Waals surface area contributed by atoms with Gasteiger partial charge in [-0.15, -0.1) is 0 Å². The van der Waals surface area contributed by atoms with Gasteiger partial charge in [0.05, 0.1) is 28.4 Å². The van der Waals surface area contributed by atoms with Crippen LogP contribution in [0.3, 0.4) is 0 Å². The molecular weight excluding hydrogens is 364 g/mol. The van der Waals surface area contributed by atoms with E-state index in [1.54, 1.807) is 10.9 Å². The Labute approximate surface area is 170 Å². The minimum atomic E-state index is -0.544. The van der Waals surface area contributed by atoms with Crippen molar-refractivity contribution in [1.82, 2.24) is 25.2 Å². The summed E-state index contributed by atoms with van der Waals surface area (Å²) in [6.45, 7) is 8.27. The third-order valence-corrected chi connectivity index (χ3v) is 6.89.